The monoisotopic (exact) mass is 295 g/mol. The van der Waals surface area contributed by atoms with Gasteiger partial charge in [-0.05, 0) is 45.4 Å². The third-order valence-electron chi connectivity index (χ3n) is 2.74. The average molecular weight is 295 g/mol. The Balaban J connectivity index is 0.000000383. The number of aryl methyl sites for hydroxylation is 1. The van der Waals surface area contributed by atoms with E-state index in [0.29, 0.717) is 25.3 Å². The lowest BCUT2D eigenvalue weighted by atomic mass is 10.0. The molecule has 5 heteroatoms. The fourth-order valence-corrected chi connectivity index (χ4v) is 1.97. The molecule has 2 N–H and O–H groups in total. The fourth-order valence-electron chi connectivity index (χ4n) is 1.97. The number of rotatable bonds is 2. The summed E-state index contributed by atoms with van der Waals surface area (Å²) in [5.74, 6) is 0. The molecule has 1 heterocycles. The Morgan fingerprint density at radius 1 is 1.33 bits per heavy atom. The van der Waals surface area contributed by atoms with Crippen LogP contribution in [0.4, 0.5) is 0 Å². The first-order valence-electron chi connectivity index (χ1n) is 7.03. The smallest absolute Gasteiger partial charge is 0.150 e. The summed E-state index contributed by atoms with van der Waals surface area (Å²) in [6, 6.07) is 5.41. The van der Waals surface area contributed by atoms with Gasteiger partial charge in [0.1, 0.15) is 6.29 Å². The molecule has 5 nitrogen and oxygen atoms in total. The lowest BCUT2D eigenvalue weighted by molar-refractivity contribution is -0.183. The molecule has 0 aromatic heterocycles. The molecule has 0 bridgehead atoms. The van der Waals surface area contributed by atoms with Gasteiger partial charge >= 0.3 is 0 Å². The van der Waals surface area contributed by atoms with Crippen LogP contribution in [0.3, 0.4) is 0 Å². The number of nitrogens with zero attached hydrogens (tertiary/aromatic N) is 1. The maximum absolute atomic E-state index is 10.8. The van der Waals surface area contributed by atoms with Crippen molar-refractivity contribution < 1.29 is 19.8 Å². The highest BCUT2D eigenvalue weighted by atomic mass is 16.5. The fraction of sp³-hybridized carbons (Fsp3) is 0.562. The number of hydrogen-bond donors (Lipinski definition) is 2. The van der Waals surface area contributed by atoms with Gasteiger partial charge in [0.05, 0.1) is 24.9 Å². The summed E-state index contributed by atoms with van der Waals surface area (Å²) >= 11 is 0. The highest BCUT2D eigenvalue weighted by Crippen LogP contribution is 2.24. The molecule has 0 unspecified atom stereocenters. The van der Waals surface area contributed by atoms with Crippen molar-refractivity contribution in [1.82, 2.24) is 5.06 Å². The Labute approximate surface area is 126 Å². The number of hydrogen-bond acceptors (Lipinski definition) is 5. The van der Waals surface area contributed by atoms with Gasteiger partial charge in [-0.1, -0.05) is 11.6 Å². The van der Waals surface area contributed by atoms with Crippen LogP contribution in [0.2, 0.25) is 0 Å². The number of ether oxygens (including phenoxy) is 1. The van der Waals surface area contributed by atoms with Crippen molar-refractivity contribution in [2.24, 2.45) is 0 Å². The summed E-state index contributed by atoms with van der Waals surface area (Å²) in [6.07, 6.45) is 0.821. The van der Waals surface area contributed by atoms with E-state index in [1.54, 1.807) is 26.8 Å². The maximum Gasteiger partial charge on any atom is 0.150 e. The summed E-state index contributed by atoms with van der Waals surface area (Å²) < 4.78 is 5.33. The Kier molecular flexibility index (Phi) is 6.48. The number of aliphatic hydroxyl groups is 1. The van der Waals surface area contributed by atoms with E-state index in [-0.39, 0.29) is 6.04 Å². The first-order valence-corrected chi connectivity index (χ1v) is 7.03. The summed E-state index contributed by atoms with van der Waals surface area (Å²) in [5.41, 5.74) is 2.07. The zero-order valence-electron chi connectivity index (χ0n) is 13.2. The molecule has 0 aliphatic carbocycles. The second kappa shape index (κ2) is 7.66. The van der Waals surface area contributed by atoms with Gasteiger partial charge in [-0.3, -0.25) is 4.79 Å². The van der Waals surface area contributed by atoms with E-state index in [1.165, 1.54) is 5.06 Å². The molecule has 1 aliphatic heterocycles. The van der Waals surface area contributed by atoms with E-state index in [4.69, 9.17) is 9.84 Å². The molecule has 21 heavy (non-hydrogen) atoms. The van der Waals surface area contributed by atoms with Crippen molar-refractivity contribution in [1.29, 1.82) is 0 Å². The minimum Gasteiger partial charge on any atom is -0.391 e. The zero-order chi connectivity index (χ0) is 16.0. The van der Waals surface area contributed by atoms with Crippen LogP contribution in [0.1, 0.15) is 48.3 Å². The van der Waals surface area contributed by atoms with Crippen LogP contribution in [0, 0.1) is 6.92 Å². The van der Waals surface area contributed by atoms with Crippen molar-refractivity contribution in [2.45, 2.75) is 39.3 Å². The summed E-state index contributed by atoms with van der Waals surface area (Å²) in [4.78, 5) is 10.8. The molecule has 0 radical (unpaired) electrons. The van der Waals surface area contributed by atoms with Crippen molar-refractivity contribution in [2.75, 3.05) is 19.8 Å². The second-order valence-corrected chi connectivity index (χ2v) is 6.22. The molecule has 1 aromatic rings. The minimum atomic E-state index is -0.500. The first kappa shape index (κ1) is 17.8. The van der Waals surface area contributed by atoms with Gasteiger partial charge in [0.15, 0.2) is 0 Å². The summed E-state index contributed by atoms with van der Waals surface area (Å²) in [7, 11) is 0. The predicted molar refractivity (Wildman–Crippen MR) is 80.6 cm³/mol. The third kappa shape index (κ3) is 6.82. The largest absolute Gasteiger partial charge is 0.391 e. The summed E-state index contributed by atoms with van der Waals surface area (Å²) in [5, 5.41) is 19.5. The molecule has 1 aromatic carbocycles. The van der Waals surface area contributed by atoms with E-state index in [1.807, 2.05) is 19.1 Å². The number of carbonyl (C=O) groups excluding carboxylic acids is 1. The molecule has 1 atom stereocenters. The lowest BCUT2D eigenvalue weighted by Gasteiger charge is -2.31. The van der Waals surface area contributed by atoms with E-state index < -0.39 is 5.60 Å². The molecule has 0 saturated carbocycles. The molecule has 0 spiro atoms. The van der Waals surface area contributed by atoms with Gasteiger partial charge in [-0.2, -0.15) is 5.06 Å². The summed E-state index contributed by atoms with van der Waals surface area (Å²) in [6.45, 7) is 8.65. The third-order valence-corrected chi connectivity index (χ3v) is 2.74. The van der Waals surface area contributed by atoms with Crippen molar-refractivity contribution in [3.63, 3.8) is 0 Å². The van der Waals surface area contributed by atoms with Gasteiger partial charge in [-0.15, -0.1) is 0 Å². The Morgan fingerprint density at radius 3 is 2.48 bits per heavy atom. The van der Waals surface area contributed by atoms with E-state index in [0.717, 1.165) is 17.4 Å². The Bertz CT molecular complexity index is 462. The molecule has 0 amide bonds. The van der Waals surface area contributed by atoms with Crippen LogP contribution in [0.5, 0.6) is 0 Å². The normalized spacial score (nSPS) is 19.6. The van der Waals surface area contributed by atoms with Crippen LogP contribution in [-0.4, -0.2) is 47.0 Å². The molecule has 1 saturated heterocycles. The van der Waals surface area contributed by atoms with E-state index in [2.05, 4.69) is 0 Å². The minimum absolute atomic E-state index is 0.174. The quantitative estimate of drug-likeness (QED) is 0.820. The molecule has 1 aliphatic rings. The SMILES string of the molecule is CC(C)(C)O.Cc1cc(C=O)cc([C@@H]2COCCN2O)c1. The van der Waals surface area contributed by atoms with Crippen LogP contribution in [-0.2, 0) is 4.74 Å². The van der Waals surface area contributed by atoms with Crippen molar-refractivity contribution in [3.8, 4) is 0 Å². The number of benzene rings is 1. The topological polar surface area (TPSA) is 70.0 Å². The average Bonchev–Trinajstić information content (AvgIpc) is 2.36. The zero-order valence-corrected chi connectivity index (χ0v) is 13.2. The standard InChI is InChI=1S/C12H15NO3.C4H10O/c1-9-4-10(7-14)6-11(5-9)12-8-16-3-2-13(12)15;1-4(2,3)5/h4-7,12,15H,2-3,8H2,1H3;5H,1-3H3/t12-;/m0./s1. The van der Waals surface area contributed by atoms with Crippen LogP contribution in [0.15, 0.2) is 18.2 Å². The molecule has 118 valence electrons. The number of hydroxylamine groups is 2. The predicted octanol–water partition coefficient (Wildman–Crippen LogP) is 2.35. The van der Waals surface area contributed by atoms with Crippen LogP contribution < -0.4 is 0 Å². The van der Waals surface area contributed by atoms with Crippen LogP contribution >= 0.6 is 0 Å². The highest BCUT2D eigenvalue weighted by Gasteiger charge is 2.23. The van der Waals surface area contributed by atoms with Crippen LogP contribution in [0.25, 0.3) is 0 Å². The van der Waals surface area contributed by atoms with E-state index in [9.17, 15) is 10.0 Å². The van der Waals surface area contributed by atoms with Gasteiger partial charge < -0.3 is 15.1 Å². The Morgan fingerprint density at radius 2 is 1.95 bits per heavy atom. The number of carbonyl (C=O) groups is 1. The molecular weight excluding hydrogens is 270 g/mol. The van der Waals surface area contributed by atoms with Gasteiger partial charge in [0.25, 0.3) is 0 Å². The van der Waals surface area contributed by atoms with Gasteiger partial charge in [-0.25, -0.2) is 0 Å². The van der Waals surface area contributed by atoms with E-state index >= 15 is 0 Å². The van der Waals surface area contributed by atoms with Crippen molar-refractivity contribution in [3.05, 3.63) is 34.9 Å². The van der Waals surface area contributed by atoms with Gasteiger partial charge in [0, 0.05) is 12.1 Å². The Hall–Kier alpha value is -1.27. The molecular formula is C16H25NO4. The number of aldehydes is 1. The molecule has 2 rings (SSSR count). The van der Waals surface area contributed by atoms with Gasteiger partial charge in [0.2, 0.25) is 0 Å². The highest BCUT2D eigenvalue weighted by molar-refractivity contribution is 5.75. The maximum atomic E-state index is 10.8. The number of morpholine rings is 1. The first-order chi connectivity index (χ1) is 9.70. The lowest BCUT2D eigenvalue weighted by Crippen LogP contribution is -2.37. The van der Waals surface area contributed by atoms with Crippen molar-refractivity contribution >= 4 is 6.29 Å². The molecule has 1 fully saturated rings. The second-order valence-electron chi connectivity index (χ2n) is 6.22.